The van der Waals surface area contributed by atoms with E-state index in [-0.39, 0.29) is 25.0 Å². The SMILES string of the molecule is CCOC(=O)[C@@H]1[C@@H]2C=C[C@]3(O2)[C@H](C(=O)NCc2ccccc2)N(CCCCCCO)C(=O)[C@@H]13. The van der Waals surface area contributed by atoms with Gasteiger partial charge in [0, 0.05) is 19.7 Å². The molecule has 3 aliphatic heterocycles. The first-order chi connectivity index (χ1) is 16.0. The maximum atomic E-state index is 13.6. The van der Waals surface area contributed by atoms with Gasteiger partial charge in [0.15, 0.2) is 0 Å². The quantitative estimate of drug-likeness (QED) is 0.298. The van der Waals surface area contributed by atoms with Crippen LogP contribution in [0.25, 0.3) is 0 Å². The van der Waals surface area contributed by atoms with Crippen LogP contribution in [-0.2, 0) is 30.4 Å². The van der Waals surface area contributed by atoms with Crippen LogP contribution in [0, 0.1) is 11.8 Å². The van der Waals surface area contributed by atoms with E-state index >= 15 is 0 Å². The summed E-state index contributed by atoms with van der Waals surface area (Å²) in [6.07, 6.45) is 6.12. The largest absolute Gasteiger partial charge is 0.466 e. The first-order valence-electron chi connectivity index (χ1n) is 11.8. The summed E-state index contributed by atoms with van der Waals surface area (Å²) in [6.45, 7) is 2.81. The van der Waals surface area contributed by atoms with Crippen molar-refractivity contribution in [1.29, 1.82) is 0 Å². The highest BCUT2D eigenvalue weighted by Crippen LogP contribution is 2.55. The summed E-state index contributed by atoms with van der Waals surface area (Å²) in [5, 5.41) is 12.0. The number of aliphatic hydroxyl groups excluding tert-OH is 1. The third-order valence-corrected chi connectivity index (χ3v) is 6.80. The van der Waals surface area contributed by atoms with Gasteiger partial charge in [0.2, 0.25) is 11.8 Å². The zero-order chi connectivity index (χ0) is 23.4. The Morgan fingerprint density at radius 1 is 1.18 bits per heavy atom. The molecule has 8 heteroatoms. The number of hydrogen-bond acceptors (Lipinski definition) is 6. The van der Waals surface area contributed by atoms with Crippen molar-refractivity contribution in [2.45, 2.75) is 56.9 Å². The second kappa shape index (κ2) is 10.1. The number of esters is 1. The first kappa shape index (κ1) is 23.4. The molecule has 0 aromatic heterocycles. The number of unbranched alkanes of at least 4 members (excludes halogenated alkanes) is 3. The van der Waals surface area contributed by atoms with Gasteiger partial charge in [-0.1, -0.05) is 55.3 Å². The average Bonchev–Trinajstić information content (AvgIpc) is 3.46. The number of nitrogens with one attached hydrogen (secondary N) is 1. The van der Waals surface area contributed by atoms with E-state index in [4.69, 9.17) is 14.6 Å². The predicted molar refractivity (Wildman–Crippen MR) is 120 cm³/mol. The van der Waals surface area contributed by atoms with Gasteiger partial charge in [0.1, 0.15) is 17.6 Å². The van der Waals surface area contributed by atoms with E-state index in [0.717, 1.165) is 18.4 Å². The molecule has 4 rings (SSSR count). The van der Waals surface area contributed by atoms with Crippen LogP contribution in [0.15, 0.2) is 42.5 Å². The minimum absolute atomic E-state index is 0.138. The van der Waals surface area contributed by atoms with Crippen LogP contribution in [0.1, 0.15) is 38.2 Å². The number of amides is 2. The second-order valence-electron chi connectivity index (χ2n) is 8.83. The molecule has 2 amide bonds. The van der Waals surface area contributed by atoms with Gasteiger partial charge in [0.05, 0.1) is 18.6 Å². The summed E-state index contributed by atoms with van der Waals surface area (Å²) < 4.78 is 11.5. The number of hydrogen-bond donors (Lipinski definition) is 2. The third kappa shape index (κ3) is 4.29. The molecule has 1 spiro atoms. The average molecular weight is 457 g/mol. The predicted octanol–water partition coefficient (Wildman–Crippen LogP) is 1.57. The second-order valence-corrected chi connectivity index (χ2v) is 8.83. The van der Waals surface area contributed by atoms with Crippen molar-refractivity contribution in [3.8, 4) is 0 Å². The van der Waals surface area contributed by atoms with Crippen molar-refractivity contribution in [3.63, 3.8) is 0 Å². The maximum Gasteiger partial charge on any atom is 0.312 e. The summed E-state index contributed by atoms with van der Waals surface area (Å²) in [7, 11) is 0. The topological polar surface area (TPSA) is 105 Å². The molecule has 1 aromatic carbocycles. The third-order valence-electron chi connectivity index (χ3n) is 6.80. The molecular formula is C25H32N2O6. The van der Waals surface area contributed by atoms with Gasteiger partial charge in [-0.25, -0.2) is 0 Å². The fraction of sp³-hybridized carbons (Fsp3) is 0.560. The molecule has 5 atom stereocenters. The Morgan fingerprint density at radius 3 is 2.67 bits per heavy atom. The summed E-state index contributed by atoms with van der Waals surface area (Å²) >= 11 is 0. The van der Waals surface area contributed by atoms with Gasteiger partial charge >= 0.3 is 5.97 Å². The van der Waals surface area contributed by atoms with Crippen molar-refractivity contribution in [2.75, 3.05) is 19.8 Å². The lowest BCUT2D eigenvalue weighted by atomic mass is 9.74. The number of aliphatic hydroxyl groups is 1. The van der Waals surface area contributed by atoms with Crippen molar-refractivity contribution >= 4 is 17.8 Å². The first-order valence-corrected chi connectivity index (χ1v) is 11.8. The standard InChI is InChI=1S/C25H32N2O6/c1-2-32-24(31)19-18-12-13-25(33-18)20(19)23(30)27(14-8-3-4-9-15-28)21(25)22(29)26-16-17-10-6-5-7-11-17/h5-7,10-13,18-21,28H,2-4,8-9,14-16H2,1H3,(H,26,29)/t18-,19+,20+,21-,25+/m0/s1. The Morgan fingerprint density at radius 2 is 1.94 bits per heavy atom. The van der Waals surface area contributed by atoms with Gasteiger partial charge in [-0.2, -0.15) is 0 Å². The number of ether oxygens (including phenoxy) is 2. The van der Waals surface area contributed by atoms with Gasteiger partial charge in [-0.05, 0) is 25.3 Å². The molecule has 3 aliphatic rings. The molecule has 178 valence electrons. The lowest BCUT2D eigenvalue weighted by molar-refractivity contribution is -0.153. The van der Waals surface area contributed by atoms with Crippen LogP contribution in [0.2, 0.25) is 0 Å². The smallest absolute Gasteiger partial charge is 0.312 e. The van der Waals surface area contributed by atoms with Gasteiger partial charge < -0.3 is 24.8 Å². The van der Waals surface area contributed by atoms with E-state index < -0.39 is 35.6 Å². The molecule has 1 aromatic rings. The van der Waals surface area contributed by atoms with E-state index in [1.165, 1.54) is 0 Å². The van der Waals surface area contributed by atoms with Crippen molar-refractivity contribution in [1.82, 2.24) is 10.2 Å². The number of carbonyl (C=O) groups excluding carboxylic acids is 3. The Hall–Kier alpha value is -2.71. The molecule has 0 unspecified atom stereocenters. The summed E-state index contributed by atoms with van der Waals surface area (Å²) in [4.78, 5) is 41.4. The van der Waals surface area contributed by atoms with Gasteiger partial charge in [-0.3, -0.25) is 14.4 Å². The van der Waals surface area contributed by atoms with Crippen LogP contribution in [0.5, 0.6) is 0 Å². The molecule has 8 nitrogen and oxygen atoms in total. The van der Waals surface area contributed by atoms with Crippen LogP contribution in [0.4, 0.5) is 0 Å². The minimum Gasteiger partial charge on any atom is -0.466 e. The van der Waals surface area contributed by atoms with Crippen LogP contribution in [-0.4, -0.2) is 65.3 Å². The van der Waals surface area contributed by atoms with Crippen LogP contribution < -0.4 is 5.32 Å². The Kier molecular flexibility index (Phi) is 7.14. The number of likely N-dealkylation sites (tertiary alicyclic amines) is 1. The monoisotopic (exact) mass is 456 g/mol. The Labute approximate surface area is 193 Å². The highest BCUT2D eigenvalue weighted by molar-refractivity contribution is 5.99. The number of carbonyl (C=O) groups is 3. The fourth-order valence-corrected chi connectivity index (χ4v) is 5.35. The van der Waals surface area contributed by atoms with E-state index in [1.54, 1.807) is 24.0 Å². The molecule has 2 fully saturated rings. The van der Waals surface area contributed by atoms with E-state index in [1.807, 2.05) is 30.3 Å². The minimum atomic E-state index is -1.16. The van der Waals surface area contributed by atoms with E-state index in [0.29, 0.717) is 25.9 Å². The normalized spacial score (nSPS) is 29.4. The summed E-state index contributed by atoms with van der Waals surface area (Å²) in [5.74, 6) is -2.50. The molecule has 0 radical (unpaired) electrons. The number of benzene rings is 1. The Bertz CT molecular complexity index is 903. The zero-order valence-electron chi connectivity index (χ0n) is 18.9. The zero-order valence-corrected chi connectivity index (χ0v) is 18.9. The summed E-state index contributed by atoms with van der Waals surface area (Å²) in [5.41, 5.74) is -0.207. The Balaban J connectivity index is 1.56. The van der Waals surface area contributed by atoms with Gasteiger partial charge in [-0.15, -0.1) is 0 Å². The highest BCUT2D eigenvalue weighted by atomic mass is 16.6. The van der Waals surface area contributed by atoms with Crippen molar-refractivity contribution < 1.29 is 29.0 Å². The molecular weight excluding hydrogens is 424 g/mol. The van der Waals surface area contributed by atoms with Crippen LogP contribution in [0.3, 0.4) is 0 Å². The number of rotatable bonds is 11. The summed E-state index contributed by atoms with van der Waals surface area (Å²) in [6, 6.07) is 8.72. The molecule has 33 heavy (non-hydrogen) atoms. The lowest BCUT2D eigenvalue weighted by Crippen LogP contribution is -2.54. The molecule has 2 saturated heterocycles. The number of nitrogens with zero attached hydrogens (tertiary/aromatic N) is 1. The maximum absolute atomic E-state index is 13.6. The van der Waals surface area contributed by atoms with E-state index in [9.17, 15) is 14.4 Å². The fourth-order valence-electron chi connectivity index (χ4n) is 5.35. The van der Waals surface area contributed by atoms with Gasteiger partial charge in [0.25, 0.3) is 0 Å². The molecule has 3 heterocycles. The lowest BCUT2D eigenvalue weighted by Gasteiger charge is -2.32. The molecule has 0 saturated carbocycles. The molecule has 0 aliphatic carbocycles. The molecule has 2 bridgehead atoms. The van der Waals surface area contributed by atoms with Crippen molar-refractivity contribution in [2.24, 2.45) is 11.8 Å². The van der Waals surface area contributed by atoms with E-state index in [2.05, 4.69) is 5.32 Å². The van der Waals surface area contributed by atoms with Crippen LogP contribution >= 0.6 is 0 Å². The molecule has 2 N–H and O–H groups in total. The van der Waals surface area contributed by atoms with Crippen molar-refractivity contribution in [3.05, 3.63) is 48.0 Å². The highest BCUT2D eigenvalue weighted by Gasteiger charge is 2.73. The number of fused-ring (bicyclic) bond motifs is 1.